The quantitative estimate of drug-likeness (QED) is 0.401. The lowest BCUT2D eigenvalue weighted by Crippen LogP contribution is -2.40. The van der Waals surface area contributed by atoms with Crippen molar-refractivity contribution in [2.24, 2.45) is 5.92 Å². The molecule has 1 aliphatic carbocycles. The number of carbonyl (C=O) groups excluding carboxylic acids is 3. The normalized spacial score (nSPS) is 13.5. The van der Waals surface area contributed by atoms with Gasteiger partial charge in [-0.1, -0.05) is 29.8 Å². The van der Waals surface area contributed by atoms with Crippen molar-refractivity contribution in [2.45, 2.75) is 32.7 Å². The van der Waals surface area contributed by atoms with Gasteiger partial charge in [0.1, 0.15) is 6.04 Å². The summed E-state index contributed by atoms with van der Waals surface area (Å²) in [5, 5.41) is 12.7. The zero-order chi connectivity index (χ0) is 25.7. The molecule has 1 unspecified atom stereocenters. The summed E-state index contributed by atoms with van der Waals surface area (Å²) in [7, 11) is 0. The van der Waals surface area contributed by atoms with Gasteiger partial charge in [-0.3, -0.25) is 19.2 Å². The fourth-order valence-corrected chi connectivity index (χ4v) is 3.60. The van der Waals surface area contributed by atoms with Crippen molar-refractivity contribution in [2.75, 3.05) is 18.4 Å². The van der Waals surface area contributed by atoms with Gasteiger partial charge in [-0.15, -0.1) is 0 Å². The maximum atomic E-state index is 12.6. The lowest BCUT2D eigenvalue weighted by Gasteiger charge is -2.15. The Morgan fingerprint density at radius 1 is 0.944 bits per heavy atom. The molecule has 0 radical (unpaired) electrons. The molecule has 36 heavy (non-hydrogen) atoms. The van der Waals surface area contributed by atoms with Crippen LogP contribution in [0.4, 0.5) is 5.69 Å². The minimum absolute atomic E-state index is 0.0107. The SMILES string of the molecule is Cc1ccc(-c2ccc(=O)n(C(C)C(=O)NCCNC(=O)c3ccc(NC(=O)C4CC4)cc3)n2)cc1. The first-order valence-corrected chi connectivity index (χ1v) is 12.0. The van der Waals surface area contributed by atoms with Crippen LogP contribution in [-0.4, -0.2) is 40.6 Å². The standard InChI is InChI=1S/C27H29N5O4/c1-17-3-5-19(6-4-17)23-13-14-24(33)32(31-23)18(2)25(34)28-15-16-29-26(35)20-9-11-22(12-10-20)30-27(36)21-7-8-21/h3-6,9-14,18,21H,7-8,15-16H2,1-2H3,(H,28,34)(H,29,35)(H,30,36). The molecule has 3 N–H and O–H groups in total. The molecule has 186 valence electrons. The predicted molar refractivity (Wildman–Crippen MR) is 137 cm³/mol. The topological polar surface area (TPSA) is 122 Å². The molecule has 1 aromatic heterocycles. The van der Waals surface area contributed by atoms with Crippen LogP contribution in [0, 0.1) is 12.8 Å². The summed E-state index contributed by atoms with van der Waals surface area (Å²) >= 11 is 0. The van der Waals surface area contributed by atoms with Crippen molar-refractivity contribution >= 4 is 23.4 Å². The summed E-state index contributed by atoms with van der Waals surface area (Å²) in [5.74, 6) is -0.550. The van der Waals surface area contributed by atoms with Crippen LogP contribution in [0.5, 0.6) is 0 Å². The van der Waals surface area contributed by atoms with E-state index in [0.717, 1.165) is 28.7 Å². The number of nitrogens with zero attached hydrogens (tertiary/aromatic N) is 2. The highest BCUT2D eigenvalue weighted by molar-refractivity contribution is 5.96. The summed E-state index contributed by atoms with van der Waals surface area (Å²) in [6.45, 7) is 3.99. The second-order valence-corrected chi connectivity index (χ2v) is 8.93. The molecule has 3 aromatic rings. The van der Waals surface area contributed by atoms with Crippen LogP contribution in [0.2, 0.25) is 0 Å². The summed E-state index contributed by atoms with van der Waals surface area (Å²) in [6.07, 6.45) is 1.85. The number of nitrogens with one attached hydrogen (secondary N) is 3. The second-order valence-electron chi connectivity index (χ2n) is 8.93. The highest BCUT2D eigenvalue weighted by Crippen LogP contribution is 2.30. The van der Waals surface area contributed by atoms with Crippen LogP contribution in [0.25, 0.3) is 11.3 Å². The predicted octanol–water partition coefficient (Wildman–Crippen LogP) is 2.67. The van der Waals surface area contributed by atoms with Crippen LogP contribution < -0.4 is 21.5 Å². The van der Waals surface area contributed by atoms with Gasteiger partial charge in [0, 0.05) is 41.9 Å². The Morgan fingerprint density at radius 3 is 2.28 bits per heavy atom. The van der Waals surface area contributed by atoms with Gasteiger partial charge in [-0.2, -0.15) is 5.10 Å². The molecule has 0 saturated heterocycles. The van der Waals surface area contributed by atoms with Gasteiger partial charge in [-0.25, -0.2) is 4.68 Å². The van der Waals surface area contributed by atoms with Gasteiger partial charge in [0.05, 0.1) is 5.69 Å². The van der Waals surface area contributed by atoms with E-state index in [1.165, 1.54) is 6.07 Å². The molecule has 1 heterocycles. The molecule has 1 saturated carbocycles. The van der Waals surface area contributed by atoms with Crippen LogP contribution in [0.3, 0.4) is 0 Å². The Labute approximate surface area is 208 Å². The smallest absolute Gasteiger partial charge is 0.267 e. The first-order chi connectivity index (χ1) is 17.3. The van der Waals surface area contributed by atoms with E-state index in [2.05, 4.69) is 21.0 Å². The van der Waals surface area contributed by atoms with Crippen molar-refractivity contribution in [1.82, 2.24) is 20.4 Å². The number of carbonyl (C=O) groups is 3. The number of anilines is 1. The third kappa shape index (κ3) is 6.24. The Balaban J connectivity index is 1.26. The van der Waals surface area contributed by atoms with Gasteiger partial charge in [0.25, 0.3) is 11.5 Å². The third-order valence-corrected chi connectivity index (χ3v) is 5.99. The number of hydrogen-bond acceptors (Lipinski definition) is 5. The number of benzene rings is 2. The average Bonchev–Trinajstić information content (AvgIpc) is 3.73. The van der Waals surface area contributed by atoms with Crippen molar-refractivity contribution in [1.29, 1.82) is 0 Å². The first kappa shape index (κ1) is 24.8. The first-order valence-electron chi connectivity index (χ1n) is 12.0. The molecule has 0 spiro atoms. The Morgan fingerprint density at radius 2 is 1.61 bits per heavy atom. The van der Waals surface area contributed by atoms with Crippen LogP contribution >= 0.6 is 0 Å². The second kappa shape index (κ2) is 11.0. The van der Waals surface area contributed by atoms with E-state index in [9.17, 15) is 19.2 Å². The Bertz CT molecular complexity index is 1310. The molecule has 2 aromatic carbocycles. The highest BCUT2D eigenvalue weighted by atomic mass is 16.2. The van der Waals surface area contributed by atoms with Crippen LogP contribution in [-0.2, 0) is 9.59 Å². The molecule has 3 amide bonds. The molecule has 1 atom stereocenters. The largest absolute Gasteiger partial charge is 0.352 e. The molecule has 0 bridgehead atoms. The minimum atomic E-state index is -0.822. The van der Waals surface area contributed by atoms with Crippen molar-refractivity contribution in [3.8, 4) is 11.3 Å². The van der Waals surface area contributed by atoms with Gasteiger partial charge in [0.15, 0.2) is 0 Å². The number of amides is 3. The Hall–Kier alpha value is -4.27. The van der Waals surface area contributed by atoms with E-state index < -0.39 is 6.04 Å². The average molecular weight is 488 g/mol. The zero-order valence-electron chi connectivity index (χ0n) is 20.3. The van der Waals surface area contributed by atoms with E-state index in [0.29, 0.717) is 16.9 Å². The molecule has 4 rings (SSSR count). The molecular weight excluding hydrogens is 458 g/mol. The minimum Gasteiger partial charge on any atom is -0.352 e. The lowest BCUT2D eigenvalue weighted by atomic mass is 10.1. The number of aromatic nitrogens is 2. The van der Waals surface area contributed by atoms with Gasteiger partial charge < -0.3 is 16.0 Å². The van der Waals surface area contributed by atoms with Gasteiger partial charge >= 0.3 is 0 Å². The molecule has 9 nitrogen and oxygen atoms in total. The molecule has 9 heteroatoms. The van der Waals surface area contributed by atoms with Gasteiger partial charge in [-0.05, 0) is 57.0 Å². The van der Waals surface area contributed by atoms with Crippen molar-refractivity contribution in [3.63, 3.8) is 0 Å². The lowest BCUT2D eigenvalue weighted by molar-refractivity contribution is -0.124. The van der Waals surface area contributed by atoms with Crippen molar-refractivity contribution < 1.29 is 14.4 Å². The summed E-state index contributed by atoms with van der Waals surface area (Å²) < 4.78 is 1.16. The third-order valence-electron chi connectivity index (χ3n) is 5.99. The van der Waals surface area contributed by atoms with E-state index in [4.69, 9.17) is 0 Å². The molecule has 1 aliphatic rings. The van der Waals surface area contributed by atoms with Crippen LogP contribution in [0.15, 0.2) is 65.5 Å². The van der Waals surface area contributed by atoms with Gasteiger partial charge in [0.2, 0.25) is 11.8 Å². The summed E-state index contributed by atoms with van der Waals surface area (Å²) in [5.41, 5.74) is 3.28. The number of hydrogen-bond donors (Lipinski definition) is 3. The monoisotopic (exact) mass is 487 g/mol. The van der Waals surface area contributed by atoms with E-state index >= 15 is 0 Å². The van der Waals surface area contributed by atoms with Crippen LogP contribution in [0.1, 0.15) is 41.7 Å². The van der Waals surface area contributed by atoms with Crippen molar-refractivity contribution in [3.05, 3.63) is 82.1 Å². The van der Waals surface area contributed by atoms with E-state index in [1.54, 1.807) is 37.3 Å². The summed E-state index contributed by atoms with van der Waals surface area (Å²) in [4.78, 5) is 49.2. The molecular formula is C27H29N5O4. The fourth-order valence-electron chi connectivity index (χ4n) is 3.60. The zero-order valence-corrected chi connectivity index (χ0v) is 20.3. The number of aryl methyl sites for hydroxylation is 1. The molecule has 0 aliphatic heterocycles. The van der Waals surface area contributed by atoms with E-state index in [-0.39, 0.29) is 42.3 Å². The maximum absolute atomic E-state index is 12.6. The Kier molecular flexibility index (Phi) is 7.58. The maximum Gasteiger partial charge on any atom is 0.267 e. The summed E-state index contributed by atoms with van der Waals surface area (Å²) in [6, 6.07) is 16.6. The highest BCUT2D eigenvalue weighted by Gasteiger charge is 2.29. The molecule has 1 fully saturated rings. The number of rotatable bonds is 9. The fraction of sp³-hybridized carbons (Fsp3) is 0.296. The van der Waals surface area contributed by atoms with E-state index in [1.807, 2.05) is 31.2 Å².